The first-order valence-electron chi connectivity index (χ1n) is 9.54. The molecule has 5 heteroatoms. The van der Waals surface area contributed by atoms with Crippen LogP contribution < -0.4 is 4.74 Å². The average Bonchev–Trinajstić information content (AvgIpc) is 3.14. The number of ether oxygens (including phenoxy) is 3. The lowest BCUT2D eigenvalue weighted by molar-refractivity contribution is -0.00723. The number of hydrogen-bond donors (Lipinski definition) is 0. The van der Waals surface area contributed by atoms with Crippen LogP contribution in [-0.2, 0) is 16.0 Å². The van der Waals surface area contributed by atoms with Gasteiger partial charge in [-0.2, -0.15) is 0 Å². The van der Waals surface area contributed by atoms with Crippen LogP contribution in [0.1, 0.15) is 25.3 Å². The molecule has 0 N–H and O–H groups in total. The van der Waals surface area contributed by atoms with Crippen LogP contribution in [0.25, 0.3) is 0 Å². The summed E-state index contributed by atoms with van der Waals surface area (Å²) in [5.41, 5.74) is 1.25. The summed E-state index contributed by atoms with van der Waals surface area (Å²) < 4.78 is 17.0. The van der Waals surface area contributed by atoms with E-state index in [4.69, 9.17) is 14.2 Å². The standard InChI is InChI=1S/C20H32N2O3/c1-17-16-24-13-11-22(17)10-9-21(15-19-7-5-12-25-19)14-18-6-3-4-8-20(18)23-2/h3-4,6,8,17,19H,5,7,9-16H2,1-2H3. The number of nitrogens with zero attached hydrogens (tertiary/aromatic N) is 2. The molecule has 25 heavy (non-hydrogen) atoms. The van der Waals surface area contributed by atoms with E-state index < -0.39 is 0 Å². The van der Waals surface area contributed by atoms with Crippen molar-refractivity contribution in [1.82, 2.24) is 9.80 Å². The molecule has 2 heterocycles. The number of rotatable bonds is 8. The SMILES string of the molecule is COc1ccccc1CN(CCN1CCOCC1C)CC1CCCO1. The molecule has 0 spiro atoms. The van der Waals surface area contributed by atoms with E-state index in [-0.39, 0.29) is 0 Å². The van der Waals surface area contributed by atoms with Gasteiger partial charge in [-0.05, 0) is 25.8 Å². The van der Waals surface area contributed by atoms with Gasteiger partial charge in [0.1, 0.15) is 5.75 Å². The van der Waals surface area contributed by atoms with Crippen LogP contribution in [0.3, 0.4) is 0 Å². The molecule has 2 unspecified atom stereocenters. The lowest BCUT2D eigenvalue weighted by atomic mass is 10.1. The summed E-state index contributed by atoms with van der Waals surface area (Å²) in [6, 6.07) is 8.83. The Balaban J connectivity index is 1.61. The summed E-state index contributed by atoms with van der Waals surface area (Å²) >= 11 is 0. The van der Waals surface area contributed by atoms with Crippen molar-refractivity contribution in [3.05, 3.63) is 29.8 Å². The van der Waals surface area contributed by atoms with Gasteiger partial charge >= 0.3 is 0 Å². The summed E-state index contributed by atoms with van der Waals surface area (Å²) in [5.74, 6) is 0.972. The van der Waals surface area contributed by atoms with Crippen molar-refractivity contribution in [3.63, 3.8) is 0 Å². The molecule has 0 radical (unpaired) electrons. The second kappa shape index (κ2) is 9.53. The lowest BCUT2D eigenvalue weighted by Crippen LogP contribution is -2.47. The fourth-order valence-electron chi connectivity index (χ4n) is 3.75. The molecule has 140 valence electrons. The van der Waals surface area contributed by atoms with Crippen LogP contribution >= 0.6 is 0 Å². The summed E-state index contributed by atoms with van der Waals surface area (Å²) in [6.07, 6.45) is 2.74. The van der Waals surface area contributed by atoms with Crippen molar-refractivity contribution in [2.75, 3.05) is 53.1 Å². The van der Waals surface area contributed by atoms with E-state index >= 15 is 0 Å². The minimum atomic E-state index is 0.372. The zero-order valence-corrected chi connectivity index (χ0v) is 15.7. The Morgan fingerprint density at radius 3 is 2.92 bits per heavy atom. The minimum absolute atomic E-state index is 0.372. The fourth-order valence-corrected chi connectivity index (χ4v) is 3.75. The second-order valence-electron chi connectivity index (χ2n) is 7.14. The second-order valence-corrected chi connectivity index (χ2v) is 7.14. The quantitative estimate of drug-likeness (QED) is 0.721. The topological polar surface area (TPSA) is 34.2 Å². The van der Waals surface area contributed by atoms with Crippen molar-refractivity contribution < 1.29 is 14.2 Å². The predicted molar refractivity (Wildman–Crippen MR) is 99.1 cm³/mol. The number of para-hydroxylation sites is 1. The Morgan fingerprint density at radius 1 is 1.28 bits per heavy atom. The van der Waals surface area contributed by atoms with Crippen LogP contribution in [0.2, 0.25) is 0 Å². The summed E-state index contributed by atoms with van der Waals surface area (Å²) in [7, 11) is 1.75. The third kappa shape index (κ3) is 5.42. The van der Waals surface area contributed by atoms with Crippen LogP contribution in [0.15, 0.2) is 24.3 Å². The lowest BCUT2D eigenvalue weighted by Gasteiger charge is -2.35. The molecule has 1 aromatic carbocycles. The van der Waals surface area contributed by atoms with Gasteiger partial charge < -0.3 is 14.2 Å². The largest absolute Gasteiger partial charge is 0.496 e. The molecule has 2 saturated heterocycles. The number of methoxy groups -OCH3 is 1. The van der Waals surface area contributed by atoms with Gasteiger partial charge in [0.2, 0.25) is 0 Å². The first kappa shape index (κ1) is 18.6. The smallest absolute Gasteiger partial charge is 0.123 e. The Morgan fingerprint density at radius 2 is 2.16 bits per heavy atom. The maximum atomic E-state index is 5.88. The Hall–Kier alpha value is -1.14. The van der Waals surface area contributed by atoms with E-state index in [1.54, 1.807) is 7.11 Å². The van der Waals surface area contributed by atoms with Gasteiger partial charge in [-0.15, -0.1) is 0 Å². The summed E-state index contributed by atoms with van der Waals surface area (Å²) in [5, 5.41) is 0. The van der Waals surface area contributed by atoms with Crippen LogP contribution in [0.5, 0.6) is 5.75 Å². The molecule has 5 nitrogen and oxygen atoms in total. The van der Waals surface area contributed by atoms with E-state index in [1.807, 2.05) is 12.1 Å². The molecule has 2 fully saturated rings. The molecule has 2 atom stereocenters. The van der Waals surface area contributed by atoms with Gasteiger partial charge in [-0.1, -0.05) is 18.2 Å². The first-order valence-corrected chi connectivity index (χ1v) is 9.54. The third-order valence-electron chi connectivity index (χ3n) is 5.28. The van der Waals surface area contributed by atoms with Crippen LogP contribution in [-0.4, -0.2) is 75.1 Å². The third-order valence-corrected chi connectivity index (χ3v) is 5.28. The predicted octanol–water partition coefficient (Wildman–Crippen LogP) is 2.40. The number of hydrogen-bond acceptors (Lipinski definition) is 5. The molecule has 0 saturated carbocycles. The molecule has 1 aromatic rings. The molecule has 0 bridgehead atoms. The van der Waals surface area contributed by atoms with Gasteiger partial charge in [-0.25, -0.2) is 0 Å². The Kier molecular flexibility index (Phi) is 7.11. The highest BCUT2D eigenvalue weighted by Gasteiger charge is 2.23. The molecule has 0 aliphatic carbocycles. The van der Waals surface area contributed by atoms with E-state index in [9.17, 15) is 0 Å². The maximum Gasteiger partial charge on any atom is 0.123 e. The fraction of sp³-hybridized carbons (Fsp3) is 0.700. The van der Waals surface area contributed by atoms with Crippen LogP contribution in [0, 0.1) is 0 Å². The molecule has 0 amide bonds. The van der Waals surface area contributed by atoms with E-state index in [2.05, 4.69) is 28.9 Å². The van der Waals surface area contributed by atoms with E-state index in [0.717, 1.165) is 58.3 Å². The minimum Gasteiger partial charge on any atom is -0.496 e. The molecule has 3 rings (SSSR count). The molecule has 2 aliphatic rings. The Bertz CT molecular complexity index is 519. The number of benzene rings is 1. The van der Waals surface area contributed by atoms with Crippen molar-refractivity contribution in [1.29, 1.82) is 0 Å². The molecular weight excluding hydrogens is 316 g/mol. The molecular formula is C20H32N2O3. The zero-order chi connectivity index (χ0) is 17.5. The highest BCUT2D eigenvalue weighted by molar-refractivity contribution is 5.33. The van der Waals surface area contributed by atoms with Gasteiger partial charge in [0.15, 0.2) is 0 Å². The summed E-state index contributed by atoms with van der Waals surface area (Å²) in [6.45, 7) is 9.91. The van der Waals surface area contributed by atoms with Gasteiger partial charge in [-0.3, -0.25) is 9.80 Å². The van der Waals surface area contributed by atoms with Gasteiger partial charge in [0, 0.05) is 50.9 Å². The zero-order valence-electron chi connectivity index (χ0n) is 15.7. The number of morpholine rings is 1. The Labute approximate surface area is 151 Å². The maximum absolute atomic E-state index is 5.88. The van der Waals surface area contributed by atoms with E-state index in [1.165, 1.54) is 18.4 Å². The van der Waals surface area contributed by atoms with Gasteiger partial charge in [0.05, 0.1) is 26.4 Å². The van der Waals surface area contributed by atoms with Crippen molar-refractivity contribution in [2.45, 2.75) is 38.5 Å². The summed E-state index contributed by atoms with van der Waals surface area (Å²) in [4.78, 5) is 5.06. The van der Waals surface area contributed by atoms with Crippen molar-refractivity contribution >= 4 is 0 Å². The molecule has 0 aromatic heterocycles. The normalized spacial score (nSPS) is 24.8. The average molecular weight is 348 g/mol. The highest BCUT2D eigenvalue weighted by Crippen LogP contribution is 2.21. The highest BCUT2D eigenvalue weighted by atomic mass is 16.5. The van der Waals surface area contributed by atoms with Crippen molar-refractivity contribution in [2.24, 2.45) is 0 Å². The van der Waals surface area contributed by atoms with Crippen LogP contribution in [0.4, 0.5) is 0 Å². The van der Waals surface area contributed by atoms with E-state index in [0.29, 0.717) is 12.1 Å². The van der Waals surface area contributed by atoms with Gasteiger partial charge in [0.25, 0.3) is 0 Å². The first-order chi connectivity index (χ1) is 12.3. The molecule has 2 aliphatic heterocycles. The monoisotopic (exact) mass is 348 g/mol. The van der Waals surface area contributed by atoms with Crippen molar-refractivity contribution in [3.8, 4) is 5.75 Å².